The maximum absolute atomic E-state index is 12.7. The molecule has 2 aromatic heterocycles. The summed E-state index contributed by atoms with van der Waals surface area (Å²) >= 11 is 0. The predicted molar refractivity (Wildman–Crippen MR) is 82.6 cm³/mol. The number of aromatic nitrogens is 4. The summed E-state index contributed by atoms with van der Waals surface area (Å²) in [5, 5.41) is 10.1. The number of nitrogens with zero attached hydrogens (tertiary/aromatic N) is 4. The zero-order chi connectivity index (χ0) is 17.3. The smallest absolute Gasteiger partial charge is 0.368 e. The fourth-order valence-electron chi connectivity index (χ4n) is 2.78. The molecule has 9 heteroatoms. The van der Waals surface area contributed by atoms with Crippen molar-refractivity contribution in [2.75, 3.05) is 18.4 Å². The summed E-state index contributed by atoms with van der Waals surface area (Å²) < 4.78 is 39.4. The maximum Gasteiger partial charge on any atom is 0.435 e. The van der Waals surface area contributed by atoms with Crippen molar-refractivity contribution in [3.05, 3.63) is 34.5 Å². The summed E-state index contributed by atoms with van der Waals surface area (Å²) in [7, 11) is 0. The van der Waals surface area contributed by atoms with Gasteiger partial charge in [0.1, 0.15) is 11.6 Å². The van der Waals surface area contributed by atoms with Crippen molar-refractivity contribution in [3.8, 4) is 0 Å². The fourth-order valence-corrected chi connectivity index (χ4v) is 2.78. The van der Waals surface area contributed by atoms with Gasteiger partial charge in [-0.25, -0.2) is 9.97 Å². The lowest BCUT2D eigenvalue weighted by Crippen LogP contribution is -2.27. The van der Waals surface area contributed by atoms with Crippen LogP contribution in [-0.4, -0.2) is 32.8 Å². The number of anilines is 1. The minimum Gasteiger partial charge on any atom is -0.368 e. The van der Waals surface area contributed by atoms with E-state index in [4.69, 9.17) is 0 Å². The first-order valence-corrected chi connectivity index (χ1v) is 7.77. The molecule has 0 radical (unpaired) electrons. The summed E-state index contributed by atoms with van der Waals surface area (Å²) in [6.45, 7) is 5.79. The van der Waals surface area contributed by atoms with Crippen LogP contribution < -0.4 is 10.6 Å². The van der Waals surface area contributed by atoms with Crippen molar-refractivity contribution in [3.63, 3.8) is 0 Å². The van der Waals surface area contributed by atoms with Gasteiger partial charge in [-0.1, -0.05) is 0 Å². The molecule has 0 unspecified atom stereocenters. The van der Waals surface area contributed by atoms with Gasteiger partial charge in [-0.05, 0) is 32.9 Å². The average molecular weight is 340 g/mol. The van der Waals surface area contributed by atoms with Crippen LogP contribution >= 0.6 is 0 Å². The van der Waals surface area contributed by atoms with Crippen molar-refractivity contribution < 1.29 is 13.2 Å². The second-order valence-corrected chi connectivity index (χ2v) is 5.79. The largest absolute Gasteiger partial charge is 0.435 e. The van der Waals surface area contributed by atoms with Crippen molar-refractivity contribution in [1.82, 2.24) is 25.1 Å². The third-order valence-corrected chi connectivity index (χ3v) is 3.94. The summed E-state index contributed by atoms with van der Waals surface area (Å²) in [6.07, 6.45) is -3.59. The van der Waals surface area contributed by atoms with Crippen LogP contribution in [0.5, 0.6) is 0 Å². The second-order valence-electron chi connectivity index (χ2n) is 5.79. The van der Waals surface area contributed by atoms with E-state index in [-0.39, 0.29) is 0 Å². The molecule has 3 rings (SSSR count). The van der Waals surface area contributed by atoms with Crippen molar-refractivity contribution in [2.24, 2.45) is 0 Å². The van der Waals surface area contributed by atoms with Crippen LogP contribution in [0.2, 0.25) is 0 Å². The molecule has 6 nitrogen and oxygen atoms in total. The molecule has 3 heterocycles. The molecule has 0 saturated carbocycles. The van der Waals surface area contributed by atoms with Gasteiger partial charge < -0.3 is 10.6 Å². The van der Waals surface area contributed by atoms with E-state index in [1.165, 1.54) is 4.68 Å². The van der Waals surface area contributed by atoms with Crippen LogP contribution in [0.4, 0.5) is 19.0 Å². The molecule has 1 aliphatic rings. The van der Waals surface area contributed by atoms with Gasteiger partial charge in [-0.3, -0.25) is 4.68 Å². The molecule has 0 spiro atoms. The van der Waals surface area contributed by atoms with Gasteiger partial charge in [0, 0.05) is 24.3 Å². The van der Waals surface area contributed by atoms with Gasteiger partial charge >= 0.3 is 6.18 Å². The number of hydrogen-bond acceptors (Lipinski definition) is 5. The standard InChI is InChI=1S/C15H19F3N6/c1-9-7-13(15(16,17)18)23-24(9)6-5-20-14-11-3-4-19-8-12(11)21-10(2)22-14/h7,19H,3-6,8H2,1-2H3,(H,20,21,22). The molecule has 2 aromatic rings. The van der Waals surface area contributed by atoms with E-state index in [0.717, 1.165) is 36.1 Å². The minimum atomic E-state index is -4.42. The lowest BCUT2D eigenvalue weighted by atomic mass is 10.1. The Kier molecular flexibility index (Phi) is 4.44. The van der Waals surface area contributed by atoms with E-state index in [1.54, 1.807) is 6.92 Å². The van der Waals surface area contributed by atoms with E-state index >= 15 is 0 Å². The highest BCUT2D eigenvalue weighted by atomic mass is 19.4. The minimum absolute atomic E-state index is 0.331. The van der Waals surface area contributed by atoms with Crippen LogP contribution in [0.3, 0.4) is 0 Å². The third kappa shape index (κ3) is 3.50. The number of fused-ring (bicyclic) bond motifs is 1. The first-order chi connectivity index (χ1) is 11.3. The molecular weight excluding hydrogens is 321 g/mol. The molecule has 0 saturated heterocycles. The Labute approximate surface area is 137 Å². The van der Waals surface area contributed by atoms with Crippen LogP contribution in [0.25, 0.3) is 0 Å². The van der Waals surface area contributed by atoms with Gasteiger partial charge in [0.15, 0.2) is 5.69 Å². The number of hydrogen-bond donors (Lipinski definition) is 2. The molecule has 0 aliphatic carbocycles. The number of nitrogens with one attached hydrogen (secondary N) is 2. The Bertz CT molecular complexity index is 738. The molecule has 1 aliphatic heterocycles. The molecule has 2 N–H and O–H groups in total. The highest BCUT2D eigenvalue weighted by Gasteiger charge is 2.34. The zero-order valence-corrected chi connectivity index (χ0v) is 13.5. The Morgan fingerprint density at radius 2 is 2.08 bits per heavy atom. The summed E-state index contributed by atoms with van der Waals surface area (Å²) in [6, 6.07) is 1.06. The Morgan fingerprint density at radius 1 is 1.29 bits per heavy atom. The predicted octanol–water partition coefficient (Wildman–Crippen LogP) is 2.07. The van der Waals surface area contributed by atoms with Gasteiger partial charge in [-0.15, -0.1) is 0 Å². The van der Waals surface area contributed by atoms with Gasteiger partial charge in [0.2, 0.25) is 0 Å². The lowest BCUT2D eigenvalue weighted by Gasteiger charge is -2.20. The van der Waals surface area contributed by atoms with Gasteiger partial charge in [0.05, 0.1) is 12.2 Å². The molecule has 0 atom stereocenters. The number of rotatable bonds is 4. The van der Waals surface area contributed by atoms with Crippen LogP contribution in [-0.2, 0) is 25.7 Å². The number of alkyl halides is 3. The molecule has 0 fully saturated rings. The quantitative estimate of drug-likeness (QED) is 0.892. The number of halogens is 3. The summed E-state index contributed by atoms with van der Waals surface area (Å²) in [4.78, 5) is 8.85. The average Bonchev–Trinajstić information content (AvgIpc) is 2.88. The Hall–Kier alpha value is -2.16. The van der Waals surface area contributed by atoms with Gasteiger partial charge in [0.25, 0.3) is 0 Å². The van der Waals surface area contributed by atoms with E-state index in [0.29, 0.717) is 31.2 Å². The van der Waals surface area contributed by atoms with Crippen LogP contribution in [0.15, 0.2) is 6.07 Å². The lowest BCUT2D eigenvalue weighted by molar-refractivity contribution is -0.141. The normalized spacial score (nSPS) is 14.5. The van der Waals surface area contributed by atoms with Crippen molar-refractivity contribution in [1.29, 1.82) is 0 Å². The molecule has 0 amide bonds. The highest BCUT2D eigenvalue weighted by Crippen LogP contribution is 2.28. The first kappa shape index (κ1) is 16.7. The molecule has 24 heavy (non-hydrogen) atoms. The van der Waals surface area contributed by atoms with Crippen molar-refractivity contribution >= 4 is 5.82 Å². The number of aryl methyl sites for hydroxylation is 2. The topological polar surface area (TPSA) is 67.7 Å². The monoisotopic (exact) mass is 340 g/mol. The zero-order valence-electron chi connectivity index (χ0n) is 13.5. The van der Waals surface area contributed by atoms with E-state index in [1.807, 2.05) is 6.92 Å². The van der Waals surface area contributed by atoms with Crippen LogP contribution in [0.1, 0.15) is 28.5 Å². The molecular formula is C15H19F3N6. The molecule has 0 aromatic carbocycles. The maximum atomic E-state index is 12.7. The fraction of sp³-hybridized carbons (Fsp3) is 0.533. The van der Waals surface area contributed by atoms with E-state index in [9.17, 15) is 13.2 Å². The Morgan fingerprint density at radius 3 is 2.79 bits per heavy atom. The third-order valence-electron chi connectivity index (χ3n) is 3.94. The first-order valence-electron chi connectivity index (χ1n) is 7.77. The molecule has 130 valence electrons. The van der Waals surface area contributed by atoms with E-state index < -0.39 is 11.9 Å². The van der Waals surface area contributed by atoms with Crippen molar-refractivity contribution in [2.45, 2.75) is 39.5 Å². The highest BCUT2D eigenvalue weighted by molar-refractivity contribution is 5.47. The Balaban J connectivity index is 1.69. The second kappa shape index (κ2) is 6.39. The SMILES string of the molecule is Cc1nc2c(c(NCCn3nc(C(F)(F)F)cc3C)n1)CCNC2. The summed E-state index contributed by atoms with van der Waals surface area (Å²) in [5.41, 5.74) is 1.67. The van der Waals surface area contributed by atoms with Gasteiger partial charge in [-0.2, -0.15) is 18.3 Å². The summed E-state index contributed by atoms with van der Waals surface area (Å²) in [5.74, 6) is 1.44. The molecule has 0 bridgehead atoms. The van der Waals surface area contributed by atoms with E-state index in [2.05, 4.69) is 25.7 Å². The van der Waals surface area contributed by atoms with Crippen LogP contribution in [0, 0.1) is 13.8 Å².